The van der Waals surface area contributed by atoms with E-state index in [1.54, 1.807) is 4.31 Å². The molecule has 12 heavy (non-hydrogen) atoms. The molecule has 0 unspecified atom stereocenters. The number of hydrogen-bond donors (Lipinski definition) is 1. The molecule has 0 bridgehead atoms. The van der Waals surface area contributed by atoms with E-state index in [0.29, 0.717) is 13.1 Å². The van der Waals surface area contributed by atoms with E-state index in [4.69, 9.17) is 0 Å². The third kappa shape index (κ3) is 1.26. The molecule has 0 radical (unpaired) electrons. The third-order valence-corrected chi connectivity index (χ3v) is 4.85. The van der Waals surface area contributed by atoms with Gasteiger partial charge in [-0.05, 0) is 12.8 Å². The minimum Gasteiger partial charge on any atom is -0.314 e. The molecule has 0 atom stereocenters. The summed E-state index contributed by atoms with van der Waals surface area (Å²) >= 11 is 0. The van der Waals surface area contributed by atoms with Crippen LogP contribution in [0.3, 0.4) is 0 Å². The first-order valence-corrected chi connectivity index (χ1v) is 5.91. The van der Waals surface area contributed by atoms with Gasteiger partial charge in [0.15, 0.2) is 0 Å². The molecule has 2 saturated heterocycles. The van der Waals surface area contributed by atoms with Crippen molar-refractivity contribution >= 4 is 10.0 Å². The zero-order chi connectivity index (χ0) is 8.60. The average molecular weight is 190 g/mol. The van der Waals surface area contributed by atoms with Crippen LogP contribution in [0, 0.1) is 0 Å². The van der Waals surface area contributed by atoms with E-state index in [1.165, 1.54) is 0 Å². The second-order valence-corrected chi connectivity index (χ2v) is 5.64. The topological polar surface area (TPSA) is 49.4 Å². The minimum atomic E-state index is -2.93. The van der Waals surface area contributed by atoms with Crippen molar-refractivity contribution in [2.24, 2.45) is 0 Å². The molecule has 4 nitrogen and oxygen atoms in total. The van der Waals surface area contributed by atoms with Crippen LogP contribution in [0.5, 0.6) is 0 Å². The predicted octanol–water partition coefficient (Wildman–Crippen LogP) is -0.616. The van der Waals surface area contributed by atoms with E-state index in [9.17, 15) is 8.42 Å². The summed E-state index contributed by atoms with van der Waals surface area (Å²) in [6.45, 7) is 2.75. The summed E-state index contributed by atoms with van der Waals surface area (Å²) in [5, 5.41) is 2.84. The molecule has 0 saturated carbocycles. The molecule has 1 N–H and O–H groups in total. The first-order chi connectivity index (χ1) is 5.71. The van der Waals surface area contributed by atoms with Gasteiger partial charge in [0.25, 0.3) is 0 Å². The molecule has 70 valence electrons. The SMILES string of the molecule is O=S(=O)(C1CNC1)N1CCCC1. The van der Waals surface area contributed by atoms with Crippen molar-refractivity contribution in [3.8, 4) is 0 Å². The van der Waals surface area contributed by atoms with Crippen molar-refractivity contribution in [1.29, 1.82) is 0 Å². The van der Waals surface area contributed by atoms with Gasteiger partial charge in [-0.15, -0.1) is 0 Å². The van der Waals surface area contributed by atoms with Crippen LogP contribution in [0.15, 0.2) is 0 Å². The highest BCUT2D eigenvalue weighted by Gasteiger charge is 2.36. The van der Waals surface area contributed by atoms with Crippen molar-refractivity contribution in [3.05, 3.63) is 0 Å². The normalized spacial score (nSPS) is 27.3. The van der Waals surface area contributed by atoms with E-state index >= 15 is 0 Å². The smallest absolute Gasteiger partial charge is 0.219 e. The molecule has 0 amide bonds. The van der Waals surface area contributed by atoms with Crippen LogP contribution in [0.1, 0.15) is 12.8 Å². The Morgan fingerprint density at radius 2 is 1.75 bits per heavy atom. The molecule has 2 rings (SSSR count). The summed E-state index contributed by atoms with van der Waals surface area (Å²) in [4.78, 5) is 0. The Morgan fingerprint density at radius 1 is 1.17 bits per heavy atom. The molecule has 2 fully saturated rings. The van der Waals surface area contributed by atoms with Crippen LogP contribution in [-0.4, -0.2) is 44.2 Å². The Hall–Kier alpha value is -0.130. The fourth-order valence-corrected chi connectivity index (χ4v) is 3.47. The largest absolute Gasteiger partial charge is 0.314 e. The van der Waals surface area contributed by atoms with Crippen LogP contribution in [-0.2, 0) is 10.0 Å². The molecule has 2 heterocycles. The van der Waals surface area contributed by atoms with Crippen molar-refractivity contribution in [2.75, 3.05) is 26.2 Å². The zero-order valence-corrected chi connectivity index (χ0v) is 7.81. The second-order valence-electron chi connectivity index (χ2n) is 3.43. The van der Waals surface area contributed by atoms with Gasteiger partial charge in [-0.2, -0.15) is 0 Å². The van der Waals surface area contributed by atoms with E-state index in [1.807, 2.05) is 0 Å². The van der Waals surface area contributed by atoms with Gasteiger partial charge in [0.05, 0.1) is 0 Å². The quantitative estimate of drug-likeness (QED) is 0.631. The lowest BCUT2D eigenvalue weighted by molar-refractivity contribution is 0.429. The van der Waals surface area contributed by atoms with E-state index < -0.39 is 10.0 Å². The highest BCUT2D eigenvalue weighted by molar-refractivity contribution is 7.89. The standard InChI is InChI=1S/C7H14N2O2S/c10-12(11,7-5-8-6-7)9-3-1-2-4-9/h7-8H,1-6H2. The first kappa shape index (κ1) is 8.47. The van der Waals surface area contributed by atoms with Gasteiger partial charge in [0, 0.05) is 26.2 Å². The Labute approximate surface area is 73.0 Å². The molecule has 0 spiro atoms. The van der Waals surface area contributed by atoms with Gasteiger partial charge in [-0.3, -0.25) is 0 Å². The third-order valence-electron chi connectivity index (χ3n) is 2.59. The lowest BCUT2D eigenvalue weighted by atomic mass is 10.3. The lowest BCUT2D eigenvalue weighted by Gasteiger charge is -2.30. The molecule has 0 aromatic rings. The number of rotatable bonds is 2. The van der Waals surface area contributed by atoms with Crippen LogP contribution in [0.2, 0.25) is 0 Å². The predicted molar refractivity (Wildman–Crippen MR) is 46.4 cm³/mol. The summed E-state index contributed by atoms with van der Waals surface area (Å²) in [5.41, 5.74) is 0. The fourth-order valence-electron chi connectivity index (χ4n) is 1.63. The Kier molecular flexibility index (Phi) is 2.10. The van der Waals surface area contributed by atoms with E-state index in [0.717, 1.165) is 25.9 Å². The number of nitrogens with one attached hydrogen (secondary N) is 1. The van der Waals surface area contributed by atoms with Gasteiger partial charge in [-0.25, -0.2) is 12.7 Å². The molecule has 2 aliphatic rings. The highest BCUT2D eigenvalue weighted by Crippen LogP contribution is 2.18. The van der Waals surface area contributed by atoms with Gasteiger partial charge < -0.3 is 5.32 Å². The van der Waals surface area contributed by atoms with Gasteiger partial charge in [-0.1, -0.05) is 0 Å². The highest BCUT2D eigenvalue weighted by atomic mass is 32.2. The fraction of sp³-hybridized carbons (Fsp3) is 1.00. The average Bonchev–Trinajstić information content (AvgIpc) is 2.30. The van der Waals surface area contributed by atoms with E-state index in [-0.39, 0.29) is 5.25 Å². The molecular weight excluding hydrogens is 176 g/mol. The molecule has 2 aliphatic heterocycles. The van der Waals surface area contributed by atoms with Crippen molar-refractivity contribution in [1.82, 2.24) is 9.62 Å². The van der Waals surface area contributed by atoms with Crippen LogP contribution < -0.4 is 5.32 Å². The maximum absolute atomic E-state index is 11.7. The summed E-state index contributed by atoms with van der Waals surface area (Å²) < 4.78 is 25.0. The zero-order valence-electron chi connectivity index (χ0n) is 6.99. The molecule has 0 aromatic heterocycles. The van der Waals surface area contributed by atoms with Crippen LogP contribution in [0.25, 0.3) is 0 Å². The molecule has 0 aromatic carbocycles. The monoisotopic (exact) mass is 190 g/mol. The molecule has 0 aliphatic carbocycles. The van der Waals surface area contributed by atoms with E-state index in [2.05, 4.69) is 5.32 Å². The molecule has 5 heteroatoms. The number of hydrogen-bond acceptors (Lipinski definition) is 3. The van der Waals surface area contributed by atoms with Gasteiger partial charge in [0.2, 0.25) is 10.0 Å². The van der Waals surface area contributed by atoms with Crippen LogP contribution >= 0.6 is 0 Å². The van der Waals surface area contributed by atoms with Gasteiger partial charge in [0.1, 0.15) is 5.25 Å². The Balaban J connectivity index is 2.08. The number of nitrogens with zero attached hydrogens (tertiary/aromatic N) is 1. The Bertz CT molecular complexity index is 253. The maximum Gasteiger partial charge on any atom is 0.219 e. The van der Waals surface area contributed by atoms with Crippen molar-refractivity contribution in [2.45, 2.75) is 18.1 Å². The summed E-state index contributed by atoms with van der Waals surface area (Å²) in [5.74, 6) is 0. The van der Waals surface area contributed by atoms with Gasteiger partial charge >= 0.3 is 0 Å². The number of sulfonamides is 1. The van der Waals surface area contributed by atoms with Crippen LogP contribution in [0.4, 0.5) is 0 Å². The van der Waals surface area contributed by atoms with Crippen molar-refractivity contribution in [3.63, 3.8) is 0 Å². The van der Waals surface area contributed by atoms with Crippen molar-refractivity contribution < 1.29 is 8.42 Å². The summed E-state index contributed by atoms with van der Waals surface area (Å²) in [6.07, 6.45) is 2.05. The molecular formula is C7H14N2O2S. The summed E-state index contributed by atoms with van der Waals surface area (Å²) in [6, 6.07) is 0. The second kappa shape index (κ2) is 2.97. The maximum atomic E-state index is 11.7. The first-order valence-electron chi connectivity index (χ1n) is 4.41. The minimum absolute atomic E-state index is 0.143. The summed E-state index contributed by atoms with van der Waals surface area (Å²) in [7, 11) is -2.93. The lowest BCUT2D eigenvalue weighted by Crippen LogP contribution is -2.55. The Morgan fingerprint density at radius 3 is 2.17 bits per heavy atom.